The summed E-state index contributed by atoms with van der Waals surface area (Å²) in [5.74, 6) is 0. The maximum absolute atomic E-state index is 13.1. The molecule has 0 bridgehead atoms. The molecule has 3 rings (SSSR count). The SMILES string of the molecule is Cc1cc(C)cc(CN(c2nccs2)S(=O)(=O)c2ccccc2)c1. The van der Waals surface area contributed by atoms with Gasteiger partial charge in [-0.3, -0.25) is 0 Å². The fourth-order valence-electron chi connectivity index (χ4n) is 2.64. The van der Waals surface area contributed by atoms with Gasteiger partial charge in [-0.05, 0) is 31.5 Å². The van der Waals surface area contributed by atoms with Gasteiger partial charge in [0, 0.05) is 11.6 Å². The molecule has 0 amide bonds. The van der Waals surface area contributed by atoms with E-state index in [-0.39, 0.29) is 11.4 Å². The van der Waals surface area contributed by atoms with Crippen LogP contribution in [-0.4, -0.2) is 13.4 Å². The second-order valence-electron chi connectivity index (χ2n) is 5.64. The molecule has 0 saturated heterocycles. The van der Waals surface area contributed by atoms with Crippen molar-refractivity contribution in [1.29, 1.82) is 0 Å². The van der Waals surface area contributed by atoms with E-state index < -0.39 is 10.0 Å². The Balaban J connectivity index is 2.05. The number of aromatic nitrogens is 1. The van der Waals surface area contributed by atoms with Gasteiger partial charge in [0.1, 0.15) is 0 Å². The summed E-state index contributed by atoms with van der Waals surface area (Å²) in [7, 11) is -3.67. The van der Waals surface area contributed by atoms with Gasteiger partial charge in [-0.1, -0.05) is 47.5 Å². The molecular formula is C18H18N2O2S2. The minimum atomic E-state index is -3.67. The highest BCUT2D eigenvalue weighted by molar-refractivity contribution is 7.93. The number of thiazole rings is 1. The Morgan fingerprint density at radius 3 is 2.29 bits per heavy atom. The summed E-state index contributed by atoms with van der Waals surface area (Å²) in [5.41, 5.74) is 3.17. The fraction of sp³-hybridized carbons (Fsp3) is 0.167. The molecule has 0 spiro atoms. The third kappa shape index (κ3) is 3.49. The van der Waals surface area contributed by atoms with Crippen LogP contribution in [0.3, 0.4) is 0 Å². The van der Waals surface area contributed by atoms with Crippen molar-refractivity contribution in [1.82, 2.24) is 4.98 Å². The number of aryl methyl sites for hydroxylation is 2. The zero-order valence-corrected chi connectivity index (χ0v) is 15.1. The molecule has 1 heterocycles. The molecule has 0 atom stereocenters. The maximum Gasteiger partial charge on any atom is 0.266 e. The van der Waals surface area contributed by atoms with Crippen LogP contribution >= 0.6 is 11.3 Å². The topological polar surface area (TPSA) is 50.3 Å². The Morgan fingerprint density at radius 1 is 1.04 bits per heavy atom. The van der Waals surface area contributed by atoms with E-state index in [4.69, 9.17) is 0 Å². The fourth-order valence-corrected chi connectivity index (χ4v) is 4.94. The lowest BCUT2D eigenvalue weighted by molar-refractivity contribution is 0.590. The van der Waals surface area contributed by atoms with Crippen molar-refractivity contribution in [2.45, 2.75) is 25.3 Å². The molecule has 0 fully saturated rings. The molecule has 3 aromatic rings. The summed E-state index contributed by atoms with van der Waals surface area (Å²) >= 11 is 1.32. The van der Waals surface area contributed by atoms with Crippen LogP contribution in [0.1, 0.15) is 16.7 Å². The lowest BCUT2D eigenvalue weighted by Crippen LogP contribution is -2.30. The minimum Gasteiger partial charge on any atom is -0.237 e. The van der Waals surface area contributed by atoms with E-state index in [2.05, 4.69) is 11.1 Å². The highest BCUT2D eigenvalue weighted by Gasteiger charge is 2.26. The van der Waals surface area contributed by atoms with Crippen LogP contribution in [0.5, 0.6) is 0 Å². The van der Waals surface area contributed by atoms with Gasteiger partial charge in [0.2, 0.25) is 0 Å². The number of sulfonamides is 1. The van der Waals surface area contributed by atoms with E-state index in [1.165, 1.54) is 15.6 Å². The van der Waals surface area contributed by atoms with Crippen LogP contribution in [0.25, 0.3) is 0 Å². The summed E-state index contributed by atoms with van der Waals surface area (Å²) < 4.78 is 27.6. The Kier molecular flexibility index (Phi) is 4.69. The number of hydrogen-bond acceptors (Lipinski definition) is 4. The van der Waals surface area contributed by atoms with E-state index >= 15 is 0 Å². The van der Waals surface area contributed by atoms with Gasteiger partial charge in [-0.25, -0.2) is 17.7 Å². The molecule has 4 nitrogen and oxygen atoms in total. The molecule has 2 aromatic carbocycles. The van der Waals surface area contributed by atoms with Crippen LogP contribution in [0.15, 0.2) is 65.0 Å². The molecule has 0 unspecified atom stereocenters. The number of rotatable bonds is 5. The first-order chi connectivity index (χ1) is 11.5. The second kappa shape index (κ2) is 6.75. The van der Waals surface area contributed by atoms with Crippen LogP contribution in [0, 0.1) is 13.8 Å². The number of hydrogen-bond donors (Lipinski definition) is 0. The smallest absolute Gasteiger partial charge is 0.237 e. The molecular weight excluding hydrogens is 340 g/mol. The van der Waals surface area contributed by atoms with Gasteiger partial charge < -0.3 is 0 Å². The first-order valence-corrected chi connectivity index (χ1v) is 9.83. The van der Waals surface area contributed by atoms with E-state index in [0.29, 0.717) is 5.13 Å². The summed E-state index contributed by atoms with van der Waals surface area (Å²) in [6, 6.07) is 14.6. The Labute approximate surface area is 146 Å². The van der Waals surface area contributed by atoms with Crippen LogP contribution in [0.4, 0.5) is 5.13 Å². The van der Waals surface area contributed by atoms with Crippen LogP contribution < -0.4 is 4.31 Å². The summed E-state index contributed by atoms with van der Waals surface area (Å²) in [4.78, 5) is 4.48. The van der Waals surface area contributed by atoms with E-state index in [1.807, 2.05) is 26.0 Å². The van der Waals surface area contributed by atoms with Crippen molar-refractivity contribution in [3.05, 3.63) is 76.8 Å². The second-order valence-corrected chi connectivity index (χ2v) is 8.37. The van der Waals surface area contributed by atoms with E-state index in [0.717, 1.165) is 16.7 Å². The zero-order valence-electron chi connectivity index (χ0n) is 13.5. The Bertz CT molecular complexity index is 901. The predicted molar refractivity (Wildman–Crippen MR) is 97.8 cm³/mol. The average Bonchev–Trinajstić information content (AvgIpc) is 3.06. The number of anilines is 1. The monoisotopic (exact) mass is 358 g/mol. The summed E-state index contributed by atoms with van der Waals surface area (Å²) in [5, 5.41) is 2.25. The first kappa shape index (κ1) is 16.7. The molecule has 124 valence electrons. The zero-order chi connectivity index (χ0) is 17.2. The lowest BCUT2D eigenvalue weighted by Gasteiger charge is -2.22. The highest BCUT2D eigenvalue weighted by Crippen LogP contribution is 2.28. The van der Waals surface area contributed by atoms with Gasteiger partial charge in [-0.15, -0.1) is 11.3 Å². The van der Waals surface area contributed by atoms with Gasteiger partial charge in [0.15, 0.2) is 5.13 Å². The molecule has 1 aromatic heterocycles. The van der Waals surface area contributed by atoms with Crippen molar-refractivity contribution < 1.29 is 8.42 Å². The number of nitrogens with zero attached hydrogens (tertiary/aromatic N) is 2. The molecule has 0 aliphatic heterocycles. The van der Waals surface area contributed by atoms with Crippen molar-refractivity contribution in [3.8, 4) is 0 Å². The van der Waals surface area contributed by atoms with Crippen molar-refractivity contribution in [2.75, 3.05) is 4.31 Å². The molecule has 6 heteroatoms. The summed E-state index contributed by atoms with van der Waals surface area (Å²) in [6.45, 7) is 4.28. The molecule has 24 heavy (non-hydrogen) atoms. The molecule has 0 N–H and O–H groups in total. The first-order valence-electron chi connectivity index (χ1n) is 7.51. The largest absolute Gasteiger partial charge is 0.266 e. The van der Waals surface area contributed by atoms with Crippen molar-refractivity contribution >= 4 is 26.5 Å². The van der Waals surface area contributed by atoms with E-state index in [9.17, 15) is 8.42 Å². The summed E-state index contributed by atoms with van der Waals surface area (Å²) in [6.07, 6.45) is 1.62. The Morgan fingerprint density at radius 2 is 1.71 bits per heavy atom. The molecule has 0 saturated carbocycles. The highest BCUT2D eigenvalue weighted by atomic mass is 32.2. The van der Waals surface area contributed by atoms with E-state index in [1.54, 1.807) is 41.9 Å². The van der Waals surface area contributed by atoms with Crippen LogP contribution in [0.2, 0.25) is 0 Å². The van der Waals surface area contributed by atoms with Gasteiger partial charge >= 0.3 is 0 Å². The third-order valence-corrected chi connectivity index (χ3v) is 6.23. The normalized spacial score (nSPS) is 11.4. The standard InChI is InChI=1S/C18H18N2O2S2/c1-14-10-15(2)12-16(11-14)13-20(18-19-8-9-23-18)24(21,22)17-6-4-3-5-7-17/h3-12H,13H2,1-2H3. The molecule has 0 radical (unpaired) electrons. The average molecular weight is 358 g/mol. The van der Waals surface area contributed by atoms with Crippen LogP contribution in [-0.2, 0) is 16.6 Å². The molecule has 0 aliphatic rings. The number of benzene rings is 2. The predicted octanol–water partition coefficient (Wildman–Crippen LogP) is 4.16. The van der Waals surface area contributed by atoms with Gasteiger partial charge in [0.25, 0.3) is 10.0 Å². The van der Waals surface area contributed by atoms with Gasteiger partial charge in [0.05, 0.1) is 11.4 Å². The third-order valence-electron chi connectivity index (χ3n) is 3.57. The molecule has 0 aliphatic carbocycles. The Hall–Kier alpha value is -2.18. The van der Waals surface area contributed by atoms with Crippen molar-refractivity contribution in [2.24, 2.45) is 0 Å². The quantitative estimate of drug-likeness (QED) is 0.688. The van der Waals surface area contributed by atoms with Gasteiger partial charge in [-0.2, -0.15) is 0 Å². The van der Waals surface area contributed by atoms with Crippen molar-refractivity contribution in [3.63, 3.8) is 0 Å². The minimum absolute atomic E-state index is 0.257. The maximum atomic E-state index is 13.1. The lowest BCUT2D eigenvalue weighted by atomic mass is 10.1.